The third-order valence-electron chi connectivity index (χ3n) is 3.41. The molecule has 1 aromatic heterocycles. The third kappa shape index (κ3) is 2.91. The Hall–Kier alpha value is -2.48. The van der Waals surface area contributed by atoms with E-state index in [0.29, 0.717) is 24.6 Å². The molecular formula is C14H16FN5O2. The Balaban J connectivity index is 1.78. The normalized spacial score (nSPS) is 15.6. The van der Waals surface area contributed by atoms with Crippen molar-refractivity contribution in [3.05, 3.63) is 29.8 Å². The van der Waals surface area contributed by atoms with Gasteiger partial charge in [0.15, 0.2) is 5.76 Å². The van der Waals surface area contributed by atoms with E-state index >= 15 is 0 Å². The summed E-state index contributed by atoms with van der Waals surface area (Å²) in [5, 5.41) is 11.1. The zero-order valence-electron chi connectivity index (χ0n) is 12.1. The van der Waals surface area contributed by atoms with Gasteiger partial charge in [0.05, 0.1) is 18.9 Å². The van der Waals surface area contributed by atoms with E-state index in [-0.39, 0.29) is 11.6 Å². The van der Waals surface area contributed by atoms with Gasteiger partial charge in [0.2, 0.25) is 5.82 Å². The second-order valence-electron chi connectivity index (χ2n) is 4.92. The summed E-state index contributed by atoms with van der Waals surface area (Å²) >= 11 is 0. The first-order valence-corrected chi connectivity index (χ1v) is 6.91. The van der Waals surface area contributed by atoms with Gasteiger partial charge in [-0.25, -0.2) is 0 Å². The van der Waals surface area contributed by atoms with Crippen LogP contribution in [0.2, 0.25) is 0 Å². The average Bonchev–Trinajstić information content (AvgIpc) is 2.86. The highest BCUT2D eigenvalue weighted by atomic mass is 19.1. The number of hydrogen-bond acceptors (Lipinski definition) is 7. The lowest BCUT2D eigenvalue weighted by atomic mass is 10.2. The quantitative estimate of drug-likeness (QED) is 0.695. The zero-order chi connectivity index (χ0) is 15.5. The summed E-state index contributed by atoms with van der Waals surface area (Å²) in [7, 11) is 0. The maximum Gasteiger partial charge on any atom is 0.252 e. The van der Waals surface area contributed by atoms with Crippen LogP contribution in [-0.4, -0.2) is 31.5 Å². The number of benzene rings is 1. The van der Waals surface area contributed by atoms with Gasteiger partial charge in [0.1, 0.15) is 5.69 Å². The number of ether oxygens (including phenoxy) is 1. The molecule has 1 aromatic carbocycles. The van der Waals surface area contributed by atoms with Gasteiger partial charge in [0.25, 0.3) is 5.82 Å². The van der Waals surface area contributed by atoms with Crippen LogP contribution in [0.25, 0.3) is 0 Å². The Morgan fingerprint density at radius 2 is 2.05 bits per heavy atom. The number of anilines is 2. The van der Waals surface area contributed by atoms with Crippen LogP contribution in [0.1, 0.15) is 5.76 Å². The van der Waals surface area contributed by atoms with Crippen molar-refractivity contribution in [1.29, 1.82) is 0 Å². The third-order valence-corrected chi connectivity index (χ3v) is 3.41. The number of nitrogens with zero attached hydrogens (tertiary/aromatic N) is 4. The van der Waals surface area contributed by atoms with Crippen molar-refractivity contribution in [2.24, 2.45) is 10.2 Å². The number of nitrogens with two attached hydrogens (primary N) is 1. The molecular weight excluding hydrogens is 289 g/mol. The molecule has 0 unspecified atom stereocenters. The highest BCUT2D eigenvalue weighted by Crippen LogP contribution is 2.30. The number of rotatable bonds is 3. The minimum absolute atomic E-state index is 0.0737. The molecule has 0 aliphatic carbocycles. The van der Waals surface area contributed by atoms with E-state index in [9.17, 15) is 4.39 Å². The van der Waals surface area contributed by atoms with Gasteiger partial charge in [-0.1, -0.05) is 5.16 Å². The van der Waals surface area contributed by atoms with Crippen LogP contribution in [0.4, 0.5) is 27.3 Å². The minimum Gasteiger partial charge on any atom is -0.397 e. The van der Waals surface area contributed by atoms with Crippen LogP contribution in [0.5, 0.6) is 0 Å². The van der Waals surface area contributed by atoms with E-state index in [1.54, 1.807) is 6.07 Å². The summed E-state index contributed by atoms with van der Waals surface area (Å²) in [5.74, 6) is -0.731. The first-order chi connectivity index (χ1) is 10.6. The highest BCUT2D eigenvalue weighted by Gasteiger charge is 2.13. The predicted octanol–water partition coefficient (Wildman–Crippen LogP) is 2.96. The van der Waals surface area contributed by atoms with Crippen molar-refractivity contribution in [3.63, 3.8) is 0 Å². The summed E-state index contributed by atoms with van der Waals surface area (Å²) in [6.45, 7) is 4.51. The van der Waals surface area contributed by atoms with Crippen LogP contribution in [0, 0.1) is 12.7 Å². The van der Waals surface area contributed by atoms with Crippen LogP contribution in [0.15, 0.2) is 33.0 Å². The molecule has 1 fully saturated rings. The molecule has 1 aliphatic rings. The Labute approximate surface area is 126 Å². The highest BCUT2D eigenvalue weighted by molar-refractivity contribution is 5.69. The molecule has 8 heteroatoms. The van der Waals surface area contributed by atoms with Crippen molar-refractivity contribution in [3.8, 4) is 0 Å². The van der Waals surface area contributed by atoms with E-state index in [1.807, 2.05) is 12.1 Å². The second kappa shape index (κ2) is 6.10. The molecule has 0 bridgehead atoms. The zero-order valence-corrected chi connectivity index (χ0v) is 12.1. The molecule has 3 rings (SSSR count). The Morgan fingerprint density at radius 3 is 2.68 bits per heavy atom. The Morgan fingerprint density at radius 1 is 1.27 bits per heavy atom. The van der Waals surface area contributed by atoms with Gasteiger partial charge < -0.3 is 19.9 Å². The van der Waals surface area contributed by atoms with Crippen LogP contribution in [-0.2, 0) is 4.74 Å². The van der Waals surface area contributed by atoms with E-state index in [1.165, 1.54) is 6.92 Å². The van der Waals surface area contributed by atoms with Gasteiger partial charge in [-0.05, 0) is 25.1 Å². The summed E-state index contributed by atoms with van der Waals surface area (Å²) < 4.78 is 23.5. The van der Waals surface area contributed by atoms with Crippen molar-refractivity contribution in [2.75, 3.05) is 36.9 Å². The molecule has 1 aliphatic heterocycles. The lowest BCUT2D eigenvalue weighted by Gasteiger charge is -2.29. The predicted molar refractivity (Wildman–Crippen MR) is 79.3 cm³/mol. The van der Waals surface area contributed by atoms with Gasteiger partial charge >= 0.3 is 0 Å². The molecule has 0 saturated carbocycles. The molecule has 0 spiro atoms. The molecule has 2 N–H and O–H groups in total. The number of morpholine rings is 1. The largest absolute Gasteiger partial charge is 0.397 e. The molecule has 2 heterocycles. The molecule has 0 amide bonds. The SMILES string of the molecule is Cc1onc(N=Nc2ccc(N3CCOCC3)cc2N)c1F. The van der Waals surface area contributed by atoms with Crippen molar-refractivity contribution >= 4 is 22.9 Å². The maximum absolute atomic E-state index is 13.5. The average molecular weight is 305 g/mol. The molecule has 7 nitrogen and oxygen atoms in total. The number of halogens is 1. The minimum atomic E-state index is -0.618. The summed E-state index contributed by atoms with van der Waals surface area (Å²) in [5.41, 5.74) is 7.91. The summed E-state index contributed by atoms with van der Waals surface area (Å²) in [6.07, 6.45) is 0. The number of hydrogen-bond donors (Lipinski definition) is 1. The molecule has 0 radical (unpaired) electrons. The molecule has 22 heavy (non-hydrogen) atoms. The summed E-state index contributed by atoms with van der Waals surface area (Å²) in [6, 6.07) is 5.47. The first kappa shape index (κ1) is 14.5. The Kier molecular flexibility index (Phi) is 4.01. The fraction of sp³-hybridized carbons (Fsp3) is 0.357. The number of nitrogen functional groups attached to an aromatic ring is 1. The van der Waals surface area contributed by atoms with E-state index in [4.69, 9.17) is 10.5 Å². The van der Waals surface area contributed by atoms with E-state index in [0.717, 1.165) is 18.8 Å². The number of aromatic nitrogens is 1. The van der Waals surface area contributed by atoms with Crippen molar-refractivity contribution in [1.82, 2.24) is 5.16 Å². The van der Waals surface area contributed by atoms with E-state index < -0.39 is 5.82 Å². The van der Waals surface area contributed by atoms with Gasteiger partial charge in [-0.3, -0.25) is 0 Å². The maximum atomic E-state index is 13.5. The van der Waals surface area contributed by atoms with Gasteiger partial charge in [0, 0.05) is 18.8 Å². The van der Waals surface area contributed by atoms with Gasteiger partial charge in [-0.15, -0.1) is 10.2 Å². The lowest BCUT2D eigenvalue weighted by Crippen LogP contribution is -2.36. The van der Waals surface area contributed by atoms with Crippen molar-refractivity contribution < 1.29 is 13.7 Å². The second-order valence-corrected chi connectivity index (χ2v) is 4.92. The van der Waals surface area contributed by atoms with E-state index in [2.05, 4.69) is 24.8 Å². The standard InChI is InChI=1S/C14H16FN5O2/c1-9-13(15)14(19-22-9)18-17-12-3-2-10(8-11(12)16)20-4-6-21-7-5-20/h2-3,8H,4-7,16H2,1H3. The summed E-state index contributed by atoms with van der Waals surface area (Å²) in [4.78, 5) is 2.18. The number of aryl methyl sites for hydroxylation is 1. The first-order valence-electron chi connectivity index (χ1n) is 6.91. The lowest BCUT2D eigenvalue weighted by molar-refractivity contribution is 0.122. The van der Waals surface area contributed by atoms with Crippen LogP contribution >= 0.6 is 0 Å². The van der Waals surface area contributed by atoms with Crippen molar-refractivity contribution in [2.45, 2.75) is 6.92 Å². The molecule has 1 saturated heterocycles. The number of azo groups is 1. The van der Waals surface area contributed by atoms with Gasteiger partial charge in [-0.2, -0.15) is 4.39 Å². The monoisotopic (exact) mass is 305 g/mol. The topological polar surface area (TPSA) is 89.2 Å². The molecule has 2 aromatic rings. The Bertz CT molecular complexity index is 695. The smallest absolute Gasteiger partial charge is 0.252 e. The fourth-order valence-electron chi connectivity index (χ4n) is 2.16. The van der Waals surface area contributed by atoms with Crippen LogP contribution in [0.3, 0.4) is 0 Å². The fourth-order valence-corrected chi connectivity index (χ4v) is 2.16. The van der Waals surface area contributed by atoms with Crippen LogP contribution < -0.4 is 10.6 Å². The molecule has 0 atom stereocenters. The molecule has 116 valence electrons.